The van der Waals surface area contributed by atoms with Gasteiger partial charge in [-0.05, 0) is 35.9 Å². The molecule has 0 fully saturated rings. The predicted octanol–water partition coefficient (Wildman–Crippen LogP) is 3.83. The van der Waals surface area contributed by atoms with Crippen molar-refractivity contribution >= 4 is 33.7 Å². The Balaban J connectivity index is 2.18. The third-order valence-electron chi connectivity index (χ3n) is 2.32. The van der Waals surface area contributed by atoms with Crippen LogP contribution < -0.4 is 0 Å². The Labute approximate surface area is 117 Å². The Morgan fingerprint density at radius 2 is 2.00 bits per heavy atom. The number of aromatic nitrogens is 1. The SMILES string of the molecule is O=C(O)c1ccc(Br)cc1SCc1ccncc1. The number of aromatic carboxylic acids is 1. The number of rotatable bonds is 4. The molecule has 0 unspecified atom stereocenters. The fourth-order valence-corrected chi connectivity index (χ4v) is 2.98. The lowest BCUT2D eigenvalue weighted by atomic mass is 10.2. The lowest BCUT2D eigenvalue weighted by molar-refractivity contribution is 0.0693. The molecule has 0 atom stereocenters. The number of carbonyl (C=O) groups is 1. The van der Waals surface area contributed by atoms with Crippen molar-refractivity contribution in [2.75, 3.05) is 0 Å². The van der Waals surface area contributed by atoms with Gasteiger partial charge in [-0.25, -0.2) is 4.79 Å². The van der Waals surface area contributed by atoms with Crippen LogP contribution in [0.2, 0.25) is 0 Å². The summed E-state index contributed by atoms with van der Waals surface area (Å²) in [6.07, 6.45) is 3.46. The van der Waals surface area contributed by atoms with Crippen molar-refractivity contribution in [3.8, 4) is 0 Å². The zero-order chi connectivity index (χ0) is 13.0. The molecule has 1 aromatic carbocycles. The van der Waals surface area contributed by atoms with Crippen molar-refractivity contribution in [2.24, 2.45) is 0 Å². The summed E-state index contributed by atoms with van der Waals surface area (Å²) in [6.45, 7) is 0. The zero-order valence-electron chi connectivity index (χ0n) is 9.34. The number of carboxylic acids is 1. The highest BCUT2D eigenvalue weighted by atomic mass is 79.9. The summed E-state index contributed by atoms with van der Waals surface area (Å²) < 4.78 is 0.879. The second-order valence-electron chi connectivity index (χ2n) is 3.59. The van der Waals surface area contributed by atoms with E-state index in [0.717, 1.165) is 20.7 Å². The Morgan fingerprint density at radius 3 is 2.67 bits per heavy atom. The van der Waals surface area contributed by atoms with Crippen LogP contribution >= 0.6 is 27.7 Å². The first kappa shape index (κ1) is 13.1. The van der Waals surface area contributed by atoms with Crippen molar-refractivity contribution in [1.29, 1.82) is 0 Å². The quantitative estimate of drug-likeness (QED) is 0.868. The molecule has 1 heterocycles. The molecule has 2 aromatic rings. The van der Waals surface area contributed by atoms with Gasteiger partial charge >= 0.3 is 5.97 Å². The molecule has 1 N–H and O–H groups in total. The first-order valence-corrected chi connectivity index (χ1v) is 6.99. The van der Waals surface area contributed by atoms with Crippen LogP contribution in [-0.4, -0.2) is 16.1 Å². The normalized spacial score (nSPS) is 10.3. The first-order chi connectivity index (χ1) is 8.66. The molecule has 0 amide bonds. The summed E-state index contributed by atoms with van der Waals surface area (Å²) in [7, 11) is 0. The summed E-state index contributed by atoms with van der Waals surface area (Å²) in [4.78, 5) is 15.8. The maximum Gasteiger partial charge on any atom is 0.336 e. The number of hydrogen-bond acceptors (Lipinski definition) is 3. The summed E-state index contributed by atoms with van der Waals surface area (Å²) in [5.41, 5.74) is 1.45. The lowest BCUT2D eigenvalue weighted by Crippen LogP contribution is -1.98. The topological polar surface area (TPSA) is 50.2 Å². The maximum absolute atomic E-state index is 11.1. The van der Waals surface area contributed by atoms with Gasteiger partial charge in [-0.15, -0.1) is 11.8 Å². The third kappa shape index (κ3) is 3.34. The summed E-state index contributed by atoms with van der Waals surface area (Å²) in [5, 5.41) is 9.12. The van der Waals surface area contributed by atoms with E-state index in [9.17, 15) is 4.79 Å². The van der Waals surface area contributed by atoms with Gasteiger partial charge in [0.1, 0.15) is 0 Å². The standard InChI is InChI=1S/C13H10BrNO2S/c14-10-1-2-11(13(16)17)12(7-10)18-8-9-3-5-15-6-4-9/h1-7H,8H2,(H,16,17). The number of carboxylic acid groups (broad SMARTS) is 1. The molecule has 5 heteroatoms. The maximum atomic E-state index is 11.1. The highest BCUT2D eigenvalue weighted by Crippen LogP contribution is 2.29. The van der Waals surface area contributed by atoms with Crippen molar-refractivity contribution in [1.82, 2.24) is 4.98 Å². The number of halogens is 1. The highest BCUT2D eigenvalue weighted by molar-refractivity contribution is 9.10. The van der Waals surface area contributed by atoms with Crippen molar-refractivity contribution < 1.29 is 9.90 Å². The van der Waals surface area contributed by atoms with Crippen LogP contribution in [0.1, 0.15) is 15.9 Å². The second-order valence-corrected chi connectivity index (χ2v) is 5.52. The minimum absolute atomic E-state index is 0.331. The number of hydrogen-bond donors (Lipinski definition) is 1. The number of nitrogens with zero attached hydrogens (tertiary/aromatic N) is 1. The minimum Gasteiger partial charge on any atom is -0.478 e. The van der Waals surface area contributed by atoms with Crippen LogP contribution in [0.15, 0.2) is 52.1 Å². The van der Waals surface area contributed by atoms with Crippen LogP contribution in [0.4, 0.5) is 0 Å². The lowest BCUT2D eigenvalue weighted by Gasteiger charge is -2.06. The molecule has 3 nitrogen and oxygen atoms in total. The van der Waals surface area contributed by atoms with E-state index in [-0.39, 0.29) is 0 Å². The fourth-order valence-electron chi connectivity index (χ4n) is 1.43. The van der Waals surface area contributed by atoms with Gasteiger partial charge in [-0.1, -0.05) is 15.9 Å². The highest BCUT2D eigenvalue weighted by Gasteiger charge is 2.10. The Kier molecular flexibility index (Phi) is 4.38. The minimum atomic E-state index is -0.903. The largest absolute Gasteiger partial charge is 0.478 e. The fraction of sp³-hybridized carbons (Fsp3) is 0.0769. The molecule has 0 aliphatic carbocycles. The number of thioether (sulfide) groups is 1. The van der Waals surface area contributed by atoms with Gasteiger partial charge in [-0.3, -0.25) is 4.98 Å². The zero-order valence-corrected chi connectivity index (χ0v) is 11.7. The van der Waals surface area contributed by atoms with E-state index >= 15 is 0 Å². The molecule has 0 spiro atoms. The van der Waals surface area contributed by atoms with Crippen LogP contribution in [0.25, 0.3) is 0 Å². The van der Waals surface area contributed by atoms with Crippen molar-refractivity contribution in [3.05, 3.63) is 58.3 Å². The molecule has 0 bridgehead atoms. The van der Waals surface area contributed by atoms with Crippen LogP contribution in [0.3, 0.4) is 0 Å². The average molecular weight is 324 g/mol. The summed E-state index contributed by atoms with van der Waals surface area (Å²) >= 11 is 4.86. The molecular formula is C13H10BrNO2S. The molecule has 0 aliphatic heterocycles. The summed E-state index contributed by atoms with van der Waals surface area (Å²) in [5.74, 6) is -0.182. The molecule has 92 valence electrons. The Morgan fingerprint density at radius 1 is 1.28 bits per heavy atom. The summed E-state index contributed by atoms with van der Waals surface area (Å²) in [6, 6.07) is 9.02. The van der Waals surface area contributed by atoms with Gasteiger partial charge in [0, 0.05) is 27.5 Å². The van der Waals surface area contributed by atoms with E-state index in [2.05, 4.69) is 20.9 Å². The van der Waals surface area contributed by atoms with E-state index in [1.165, 1.54) is 11.8 Å². The smallest absolute Gasteiger partial charge is 0.336 e. The van der Waals surface area contributed by atoms with Crippen LogP contribution in [0, 0.1) is 0 Å². The monoisotopic (exact) mass is 323 g/mol. The van der Waals surface area contributed by atoms with Gasteiger partial charge < -0.3 is 5.11 Å². The Hall–Kier alpha value is -1.33. The van der Waals surface area contributed by atoms with Gasteiger partial charge in [0.05, 0.1) is 5.56 Å². The molecule has 0 radical (unpaired) electrons. The predicted molar refractivity (Wildman–Crippen MR) is 74.9 cm³/mol. The molecule has 1 aromatic heterocycles. The molecular weight excluding hydrogens is 314 g/mol. The van der Waals surface area contributed by atoms with E-state index in [1.807, 2.05) is 18.2 Å². The molecule has 2 rings (SSSR count). The van der Waals surface area contributed by atoms with Crippen molar-refractivity contribution in [2.45, 2.75) is 10.6 Å². The van der Waals surface area contributed by atoms with Gasteiger partial charge in [0.2, 0.25) is 0 Å². The van der Waals surface area contributed by atoms with Gasteiger partial charge in [-0.2, -0.15) is 0 Å². The van der Waals surface area contributed by atoms with E-state index < -0.39 is 5.97 Å². The van der Waals surface area contributed by atoms with Gasteiger partial charge in [0.15, 0.2) is 0 Å². The molecule has 0 saturated heterocycles. The number of pyridine rings is 1. The second kappa shape index (κ2) is 6.02. The third-order valence-corrected chi connectivity index (χ3v) is 3.94. The van der Waals surface area contributed by atoms with Gasteiger partial charge in [0.25, 0.3) is 0 Å². The molecule has 0 aliphatic rings. The van der Waals surface area contributed by atoms with Crippen LogP contribution in [-0.2, 0) is 5.75 Å². The Bertz CT molecular complexity index is 560. The number of benzene rings is 1. The molecule has 18 heavy (non-hydrogen) atoms. The average Bonchev–Trinajstić information content (AvgIpc) is 2.37. The van der Waals surface area contributed by atoms with E-state index in [4.69, 9.17) is 5.11 Å². The van der Waals surface area contributed by atoms with E-state index in [1.54, 1.807) is 24.5 Å². The van der Waals surface area contributed by atoms with Crippen molar-refractivity contribution in [3.63, 3.8) is 0 Å². The van der Waals surface area contributed by atoms with Crippen LogP contribution in [0.5, 0.6) is 0 Å². The molecule has 0 saturated carbocycles. The first-order valence-electron chi connectivity index (χ1n) is 5.21. The van der Waals surface area contributed by atoms with E-state index in [0.29, 0.717) is 5.56 Å².